The standard InChI is InChI=1S/C21H18ClFN2O4S/c1-13-11-14(21(26)24-15-4-9-19(23)18(22)12-15)3-10-20(13)25-30(27,28)17-7-5-16(29-2)6-8-17/h3-12,25H,1-2H3,(H,24,26). The SMILES string of the molecule is COc1ccc(S(=O)(=O)Nc2ccc(C(=O)Nc3ccc(F)c(Cl)c3)cc2C)cc1. The molecule has 30 heavy (non-hydrogen) atoms. The van der Waals surface area contributed by atoms with Gasteiger partial charge < -0.3 is 10.1 Å². The van der Waals surface area contributed by atoms with Gasteiger partial charge in [-0.05, 0) is 73.2 Å². The van der Waals surface area contributed by atoms with Crippen LogP contribution in [0, 0.1) is 12.7 Å². The van der Waals surface area contributed by atoms with Gasteiger partial charge in [-0.3, -0.25) is 9.52 Å². The molecule has 156 valence electrons. The van der Waals surface area contributed by atoms with Gasteiger partial charge in [-0.2, -0.15) is 0 Å². The summed E-state index contributed by atoms with van der Waals surface area (Å²) in [6, 6.07) is 14.4. The van der Waals surface area contributed by atoms with Crippen LogP contribution in [0.5, 0.6) is 5.75 Å². The van der Waals surface area contributed by atoms with E-state index in [4.69, 9.17) is 16.3 Å². The number of methoxy groups -OCH3 is 1. The number of anilines is 2. The molecule has 0 radical (unpaired) electrons. The lowest BCUT2D eigenvalue weighted by atomic mass is 10.1. The molecule has 3 aromatic carbocycles. The minimum absolute atomic E-state index is 0.0812. The van der Waals surface area contributed by atoms with Crippen molar-refractivity contribution in [1.29, 1.82) is 0 Å². The summed E-state index contributed by atoms with van der Waals surface area (Å²) in [5, 5.41) is 2.51. The molecule has 9 heteroatoms. The first-order valence-electron chi connectivity index (χ1n) is 8.73. The van der Waals surface area contributed by atoms with Crippen molar-refractivity contribution in [1.82, 2.24) is 0 Å². The van der Waals surface area contributed by atoms with Crippen LogP contribution in [0.15, 0.2) is 65.6 Å². The number of ether oxygens (including phenoxy) is 1. The molecule has 6 nitrogen and oxygen atoms in total. The molecule has 0 aliphatic heterocycles. The van der Waals surface area contributed by atoms with Crippen LogP contribution in [-0.2, 0) is 10.0 Å². The smallest absolute Gasteiger partial charge is 0.261 e. The number of benzene rings is 3. The number of nitrogens with one attached hydrogen (secondary N) is 2. The number of hydrogen-bond acceptors (Lipinski definition) is 4. The normalized spacial score (nSPS) is 11.1. The Morgan fingerprint density at radius 1 is 1.03 bits per heavy atom. The van der Waals surface area contributed by atoms with Crippen molar-refractivity contribution in [2.75, 3.05) is 17.1 Å². The highest BCUT2D eigenvalue weighted by molar-refractivity contribution is 7.92. The van der Waals surface area contributed by atoms with E-state index in [1.165, 1.54) is 43.5 Å². The predicted octanol–water partition coefficient (Wildman–Crippen LogP) is 4.85. The lowest BCUT2D eigenvalue weighted by Crippen LogP contribution is -2.15. The fourth-order valence-corrected chi connectivity index (χ4v) is 3.97. The van der Waals surface area contributed by atoms with E-state index in [2.05, 4.69) is 10.0 Å². The number of carbonyl (C=O) groups is 1. The lowest BCUT2D eigenvalue weighted by molar-refractivity contribution is 0.102. The van der Waals surface area contributed by atoms with E-state index < -0.39 is 21.7 Å². The summed E-state index contributed by atoms with van der Waals surface area (Å²) >= 11 is 5.72. The van der Waals surface area contributed by atoms with Gasteiger partial charge in [0.1, 0.15) is 11.6 Å². The summed E-state index contributed by atoms with van der Waals surface area (Å²) in [5.74, 6) is -0.479. The minimum atomic E-state index is -3.81. The Morgan fingerprint density at radius 2 is 1.73 bits per heavy atom. The highest BCUT2D eigenvalue weighted by Crippen LogP contribution is 2.24. The molecule has 2 N–H and O–H groups in total. The average Bonchev–Trinajstić information content (AvgIpc) is 2.72. The van der Waals surface area contributed by atoms with Gasteiger partial charge in [0.05, 0.1) is 22.7 Å². The number of carbonyl (C=O) groups excluding carboxylic acids is 1. The highest BCUT2D eigenvalue weighted by atomic mass is 35.5. The molecular formula is C21H18ClFN2O4S. The molecule has 0 aromatic heterocycles. The summed E-state index contributed by atoms with van der Waals surface area (Å²) in [6.45, 7) is 1.68. The molecule has 0 aliphatic rings. The van der Waals surface area contributed by atoms with E-state index in [0.717, 1.165) is 6.07 Å². The van der Waals surface area contributed by atoms with Crippen LogP contribution in [0.2, 0.25) is 5.02 Å². The molecule has 3 aromatic rings. The van der Waals surface area contributed by atoms with Crippen molar-refractivity contribution in [3.05, 3.63) is 82.6 Å². The van der Waals surface area contributed by atoms with Crippen molar-refractivity contribution in [3.8, 4) is 5.75 Å². The van der Waals surface area contributed by atoms with Gasteiger partial charge in [0.15, 0.2) is 0 Å². The second kappa shape index (κ2) is 8.73. The first-order chi connectivity index (χ1) is 14.2. The van der Waals surface area contributed by atoms with E-state index in [1.807, 2.05) is 0 Å². The van der Waals surface area contributed by atoms with Crippen molar-refractivity contribution < 1.29 is 22.3 Å². The summed E-state index contributed by atoms with van der Waals surface area (Å²) in [5.41, 5.74) is 1.54. The van der Waals surface area contributed by atoms with E-state index in [9.17, 15) is 17.6 Å². The third kappa shape index (κ3) is 4.90. The molecule has 0 heterocycles. The van der Waals surface area contributed by atoms with Crippen molar-refractivity contribution in [3.63, 3.8) is 0 Å². The Bertz CT molecular complexity index is 1200. The summed E-state index contributed by atoms with van der Waals surface area (Å²) in [6.07, 6.45) is 0. The fraction of sp³-hybridized carbons (Fsp3) is 0.0952. The van der Waals surface area contributed by atoms with E-state index in [0.29, 0.717) is 28.3 Å². The van der Waals surface area contributed by atoms with Crippen LogP contribution >= 0.6 is 11.6 Å². The van der Waals surface area contributed by atoms with Gasteiger partial charge in [-0.25, -0.2) is 12.8 Å². The maximum Gasteiger partial charge on any atom is 0.261 e. The monoisotopic (exact) mass is 448 g/mol. The molecule has 0 atom stereocenters. The summed E-state index contributed by atoms with van der Waals surface area (Å²) in [4.78, 5) is 12.5. The Morgan fingerprint density at radius 3 is 2.33 bits per heavy atom. The zero-order valence-electron chi connectivity index (χ0n) is 16.1. The highest BCUT2D eigenvalue weighted by Gasteiger charge is 2.16. The Balaban J connectivity index is 1.77. The molecule has 0 saturated heterocycles. The second-order valence-corrected chi connectivity index (χ2v) is 8.48. The van der Waals surface area contributed by atoms with Crippen LogP contribution in [0.1, 0.15) is 15.9 Å². The first-order valence-corrected chi connectivity index (χ1v) is 10.6. The topological polar surface area (TPSA) is 84.5 Å². The lowest BCUT2D eigenvalue weighted by Gasteiger charge is -2.13. The zero-order chi connectivity index (χ0) is 21.9. The van der Waals surface area contributed by atoms with Gasteiger partial charge in [0.2, 0.25) is 0 Å². The number of amides is 1. The first kappa shape index (κ1) is 21.6. The Labute approximate surface area is 178 Å². The molecule has 3 rings (SSSR count). The fourth-order valence-electron chi connectivity index (χ4n) is 2.66. The minimum Gasteiger partial charge on any atom is -0.497 e. The van der Waals surface area contributed by atoms with Gasteiger partial charge in [0.25, 0.3) is 15.9 Å². The molecule has 0 bridgehead atoms. The van der Waals surface area contributed by atoms with Crippen LogP contribution in [0.4, 0.5) is 15.8 Å². The van der Waals surface area contributed by atoms with Crippen LogP contribution in [0.3, 0.4) is 0 Å². The molecule has 0 fully saturated rings. The Kier molecular flexibility index (Phi) is 6.28. The van der Waals surface area contributed by atoms with Gasteiger partial charge in [-0.1, -0.05) is 11.6 Å². The van der Waals surface area contributed by atoms with Crippen molar-refractivity contribution >= 4 is 38.9 Å². The molecule has 0 aliphatic carbocycles. The van der Waals surface area contributed by atoms with E-state index in [-0.39, 0.29) is 9.92 Å². The largest absolute Gasteiger partial charge is 0.497 e. The van der Waals surface area contributed by atoms with Gasteiger partial charge in [-0.15, -0.1) is 0 Å². The van der Waals surface area contributed by atoms with Crippen LogP contribution < -0.4 is 14.8 Å². The zero-order valence-corrected chi connectivity index (χ0v) is 17.6. The third-order valence-electron chi connectivity index (χ3n) is 4.28. The summed E-state index contributed by atoms with van der Waals surface area (Å²) < 4.78 is 46.0. The number of rotatable bonds is 6. The van der Waals surface area contributed by atoms with Gasteiger partial charge in [0, 0.05) is 11.3 Å². The Hall–Kier alpha value is -3.10. The van der Waals surface area contributed by atoms with E-state index in [1.54, 1.807) is 25.1 Å². The van der Waals surface area contributed by atoms with Crippen molar-refractivity contribution in [2.24, 2.45) is 0 Å². The second-order valence-electron chi connectivity index (χ2n) is 6.39. The maximum atomic E-state index is 13.2. The molecule has 0 saturated carbocycles. The number of sulfonamides is 1. The molecular weight excluding hydrogens is 431 g/mol. The molecule has 0 spiro atoms. The molecule has 0 unspecified atom stereocenters. The summed E-state index contributed by atoms with van der Waals surface area (Å²) in [7, 11) is -2.31. The van der Waals surface area contributed by atoms with Crippen LogP contribution in [0.25, 0.3) is 0 Å². The number of halogens is 2. The molecule has 1 amide bonds. The van der Waals surface area contributed by atoms with E-state index >= 15 is 0 Å². The number of aryl methyl sites for hydroxylation is 1. The quantitative estimate of drug-likeness (QED) is 0.564. The predicted molar refractivity (Wildman–Crippen MR) is 114 cm³/mol. The number of hydrogen-bond donors (Lipinski definition) is 2. The third-order valence-corrected chi connectivity index (χ3v) is 5.95. The maximum absolute atomic E-state index is 13.2. The van der Waals surface area contributed by atoms with Crippen molar-refractivity contribution in [2.45, 2.75) is 11.8 Å². The average molecular weight is 449 g/mol. The van der Waals surface area contributed by atoms with Crippen LogP contribution in [-0.4, -0.2) is 21.4 Å². The van der Waals surface area contributed by atoms with Gasteiger partial charge >= 0.3 is 0 Å².